The van der Waals surface area contributed by atoms with Crippen molar-refractivity contribution in [2.45, 2.75) is 13.0 Å². The third-order valence-electron chi connectivity index (χ3n) is 1.43. The molecular weight excluding hydrogens is 258 g/mol. The molecule has 0 amide bonds. The normalized spacial score (nSPS) is 13.1. The fourth-order valence-electron chi connectivity index (χ4n) is 0.772. The highest BCUT2D eigenvalue weighted by Crippen LogP contribution is 2.17. The van der Waals surface area contributed by atoms with Crippen molar-refractivity contribution >= 4 is 22.6 Å². The molecular formula is C8H8FIO. The number of aliphatic hydroxyl groups is 1. The van der Waals surface area contributed by atoms with Gasteiger partial charge in [0.2, 0.25) is 0 Å². The molecule has 0 aliphatic rings. The van der Waals surface area contributed by atoms with Crippen LogP contribution < -0.4 is 0 Å². The number of benzene rings is 1. The molecule has 0 aliphatic carbocycles. The number of halogens is 2. The summed E-state index contributed by atoms with van der Waals surface area (Å²) >= 11 is 1.90. The van der Waals surface area contributed by atoms with Crippen molar-refractivity contribution < 1.29 is 9.50 Å². The van der Waals surface area contributed by atoms with Gasteiger partial charge in [-0.05, 0) is 47.2 Å². The zero-order valence-corrected chi connectivity index (χ0v) is 8.17. The van der Waals surface area contributed by atoms with Crippen LogP contribution in [0.25, 0.3) is 0 Å². The molecule has 1 rings (SSSR count). The molecule has 1 N–H and O–H groups in total. The van der Waals surface area contributed by atoms with Gasteiger partial charge in [-0.25, -0.2) is 4.39 Å². The van der Waals surface area contributed by atoms with Gasteiger partial charge in [-0.2, -0.15) is 0 Å². The van der Waals surface area contributed by atoms with Crippen LogP contribution in [0.1, 0.15) is 18.6 Å². The summed E-state index contributed by atoms with van der Waals surface area (Å²) in [7, 11) is 0. The van der Waals surface area contributed by atoms with E-state index in [1.54, 1.807) is 19.1 Å². The van der Waals surface area contributed by atoms with E-state index in [2.05, 4.69) is 0 Å². The highest BCUT2D eigenvalue weighted by atomic mass is 127. The first-order valence-corrected chi connectivity index (χ1v) is 4.32. The van der Waals surface area contributed by atoms with Gasteiger partial charge in [-0.1, -0.05) is 6.07 Å². The van der Waals surface area contributed by atoms with Crippen LogP contribution in [-0.2, 0) is 0 Å². The fraction of sp³-hybridized carbons (Fsp3) is 0.250. The highest BCUT2D eigenvalue weighted by Gasteiger charge is 2.03. The average Bonchev–Trinajstić information content (AvgIpc) is 1.94. The summed E-state index contributed by atoms with van der Waals surface area (Å²) in [5, 5.41) is 9.11. The lowest BCUT2D eigenvalue weighted by Crippen LogP contribution is -1.92. The molecule has 0 saturated heterocycles. The van der Waals surface area contributed by atoms with Crippen molar-refractivity contribution in [1.82, 2.24) is 0 Å². The molecule has 11 heavy (non-hydrogen) atoms. The Morgan fingerprint density at radius 2 is 2.18 bits per heavy atom. The van der Waals surface area contributed by atoms with E-state index in [-0.39, 0.29) is 5.82 Å². The molecule has 1 nitrogen and oxygen atoms in total. The maximum atomic E-state index is 12.7. The van der Waals surface area contributed by atoms with E-state index in [0.29, 0.717) is 3.57 Å². The predicted molar refractivity (Wildman–Crippen MR) is 49.8 cm³/mol. The number of aliphatic hydroxyl groups excluding tert-OH is 1. The monoisotopic (exact) mass is 266 g/mol. The molecule has 1 atom stereocenters. The maximum Gasteiger partial charge on any atom is 0.136 e. The minimum atomic E-state index is -0.524. The van der Waals surface area contributed by atoms with Crippen LogP contribution >= 0.6 is 22.6 Å². The Morgan fingerprint density at radius 3 is 2.64 bits per heavy atom. The molecule has 60 valence electrons. The number of hydrogen-bond donors (Lipinski definition) is 1. The summed E-state index contributed by atoms with van der Waals surface area (Å²) in [5.41, 5.74) is 0.746. The highest BCUT2D eigenvalue weighted by molar-refractivity contribution is 14.1. The van der Waals surface area contributed by atoms with E-state index >= 15 is 0 Å². The van der Waals surface area contributed by atoms with E-state index in [9.17, 15) is 4.39 Å². The smallest absolute Gasteiger partial charge is 0.136 e. The lowest BCUT2D eigenvalue weighted by atomic mass is 10.1. The van der Waals surface area contributed by atoms with Crippen molar-refractivity contribution in [2.24, 2.45) is 0 Å². The van der Waals surface area contributed by atoms with E-state index in [1.807, 2.05) is 22.6 Å². The average molecular weight is 266 g/mol. The van der Waals surface area contributed by atoms with Gasteiger partial charge in [0.1, 0.15) is 5.82 Å². The molecule has 1 aromatic rings. The van der Waals surface area contributed by atoms with Crippen LogP contribution in [-0.4, -0.2) is 5.11 Å². The molecule has 0 fully saturated rings. The van der Waals surface area contributed by atoms with Gasteiger partial charge in [0.15, 0.2) is 0 Å². The zero-order valence-electron chi connectivity index (χ0n) is 6.01. The first-order valence-electron chi connectivity index (χ1n) is 3.24. The van der Waals surface area contributed by atoms with Gasteiger partial charge < -0.3 is 5.11 Å². The van der Waals surface area contributed by atoms with Crippen LogP contribution in [0.4, 0.5) is 4.39 Å². The molecule has 0 radical (unpaired) electrons. The fourth-order valence-corrected chi connectivity index (χ4v) is 1.31. The van der Waals surface area contributed by atoms with Crippen LogP contribution in [0, 0.1) is 9.39 Å². The lowest BCUT2D eigenvalue weighted by Gasteiger charge is -2.04. The molecule has 0 aliphatic heterocycles. The van der Waals surface area contributed by atoms with Gasteiger partial charge in [0, 0.05) is 3.57 Å². The van der Waals surface area contributed by atoms with Gasteiger partial charge >= 0.3 is 0 Å². The zero-order chi connectivity index (χ0) is 8.43. The van der Waals surface area contributed by atoms with Gasteiger partial charge in [0.25, 0.3) is 0 Å². The first-order chi connectivity index (χ1) is 5.11. The molecule has 1 aromatic carbocycles. The van der Waals surface area contributed by atoms with Crippen LogP contribution in [0.5, 0.6) is 0 Å². The first kappa shape index (κ1) is 8.93. The second-order valence-electron chi connectivity index (χ2n) is 2.35. The Bertz CT molecular complexity index is 260. The van der Waals surface area contributed by atoms with Crippen LogP contribution in [0.2, 0.25) is 0 Å². The minimum Gasteiger partial charge on any atom is -0.389 e. The van der Waals surface area contributed by atoms with E-state index < -0.39 is 6.10 Å². The molecule has 3 heteroatoms. The quantitative estimate of drug-likeness (QED) is 0.774. The summed E-state index contributed by atoms with van der Waals surface area (Å²) < 4.78 is 13.2. The second-order valence-corrected chi connectivity index (χ2v) is 3.51. The Labute approximate surface area is 78.4 Å². The second kappa shape index (κ2) is 3.49. The SMILES string of the molecule is C[C@H](O)c1ccc(F)c(I)c1. The molecule has 0 aromatic heterocycles. The Balaban J connectivity index is 3.05. The number of hydrogen-bond acceptors (Lipinski definition) is 1. The lowest BCUT2D eigenvalue weighted by molar-refractivity contribution is 0.199. The van der Waals surface area contributed by atoms with E-state index in [4.69, 9.17) is 5.11 Å². The largest absolute Gasteiger partial charge is 0.389 e. The summed E-state index contributed by atoms with van der Waals surface area (Å²) in [6.07, 6.45) is -0.524. The van der Waals surface area contributed by atoms with Crippen molar-refractivity contribution in [1.29, 1.82) is 0 Å². The van der Waals surface area contributed by atoms with Crippen molar-refractivity contribution in [2.75, 3.05) is 0 Å². The maximum absolute atomic E-state index is 12.7. The predicted octanol–water partition coefficient (Wildman–Crippen LogP) is 2.48. The summed E-state index contributed by atoms with van der Waals surface area (Å²) in [6, 6.07) is 4.59. The molecule has 0 saturated carbocycles. The standard InChI is InChI=1S/C8H8FIO/c1-5(11)6-2-3-7(9)8(10)4-6/h2-5,11H,1H3/t5-/m0/s1. The summed E-state index contributed by atoms with van der Waals surface area (Å²) in [6.45, 7) is 1.66. The van der Waals surface area contributed by atoms with Crippen molar-refractivity contribution in [3.05, 3.63) is 33.1 Å². The summed E-state index contributed by atoms with van der Waals surface area (Å²) in [4.78, 5) is 0. The molecule has 0 unspecified atom stereocenters. The van der Waals surface area contributed by atoms with Crippen molar-refractivity contribution in [3.8, 4) is 0 Å². The van der Waals surface area contributed by atoms with Crippen LogP contribution in [0.3, 0.4) is 0 Å². The van der Waals surface area contributed by atoms with E-state index in [0.717, 1.165) is 5.56 Å². The number of rotatable bonds is 1. The van der Waals surface area contributed by atoms with E-state index in [1.165, 1.54) is 6.07 Å². The van der Waals surface area contributed by atoms with Gasteiger partial charge in [0.05, 0.1) is 6.10 Å². The molecule has 0 spiro atoms. The third kappa shape index (κ3) is 2.13. The van der Waals surface area contributed by atoms with Crippen molar-refractivity contribution in [3.63, 3.8) is 0 Å². The minimum absolute atomic E-state index is 0.241. The molecule has 0 heterocycles. The molecule has 0 bridgehead atoms. The Kier molecular flexibility index (Phi) is 2.84. The topological polar surface area (TPSA) is 20.2 Å². The Morgan fingerprint density at radius 1 is 1.55 bits per heavy atom. The summed E-state index contributed by atoms with van der Waals surface area (Å²) in [5.74, 6) is -0.241. The van der Waals surface area contributed by atoms with Gasteiger partial charge in [-0.15, -0.1) is 0 Å². The van der Waals surface area contributed by atoms with Crippen LogP contribution in [0.15, 0.2) is 18.2 Å². The van der Waals surface area contributed by atoms with Gasteiger partial charge in [-0.3, -0.25) is 0 Å². The Hall–Kier alpha value is -0.160. The third-order valence-corrected chi connectivity index (χ3v) is 2.25.